The number of fused-ring (bicyclic) bond motifs is 7. The Balaban J connectivity index is 0.936. The summed E-state index contributed by atoms with van der Waals surface area (Å²) in [7, 11) is 0. The van der Waals surface area contributed by atoms with E-state index in [2.05, 4.69) is 160 Å². The van der Waals surface area contributed by atoms with Crippen LogP contribution < -0.4 is 4.74 Å². The van der Waals surface area contributed by atoms with Gasteiger partial charge >= 0.3 is 337 Å². The summed E-state index contributed by atoms with van der Waals surface area (Å²) in [6.45, 7) is 1.88. The second-order valence-electron chi connectivity index (χ2n) is 18.2. The van der Waals surface area contributed by atoms with Gasteiger partial charge in [-0.05, 0) is 18.1 Å². The summed E-state index contributed by atoms with van der Waals surface area (Å²) in [5, 5.41) is 2.08. The summed E-state index contributed by atoms with van der Waals surface area (Å²) >= 11 is 2.54. The molecule has 0 amide bonds. The molecule has 13 rings (SSSR count). The van der Waals surface area contributed by atoms with Crippen LogP contribution in [0.15, 0.2) is 200 Å². The second-order valence-corrected chi connectivity index (χ2v) is 19.2. The van der Waals surface area contributed by atoms with E-state index >= 15 is 0 Å². The van der Waals surface area contributed by atoms with Crippen LogP contribution >= 0.6 is 0 Å². The van der Waals surface area contributed by atoms with Crippen molar-refractivity contribution in [3.8, 4) is 62.1 Å². The van der Waals surface area contributed by atoms with Crippen molar-refractivity contribution < 1.29 is 30.9 Å². The van der Waals surface area contributed by atoms with Crippen LogP contribution in [0.3, 0.4) is 0 Å². The van der Waals surface area contributed by atoms with Crippen LogP contribution in [-0.2, 0) is 25.8 Å². The predicted octanol–water partition coefficient (Wildman–Crippen LogP) is 15.9. The zero-order valence-electron chi connectivity index (χ0n) is 42.4. The molecule has 2 atom stereocenters. The Bertz CT molecular complexity index is 4080. The molecule has 3 heterocycles. The molecular weight excluding hydrogens is 1010 g/mol. The van der Waals surface area contributed by atoms with Gasteiger partial charge in [0.1, 0.15) is 0 Å². The fourth-order valence-corrected chi connectivity index (χ4v) is 12.5. The van der Waals surface area contributed by atoms with Gasteiger partial charge in [0.05, 0.1) is 6.85 Å². The zero-order valence-corrected chi connectivity index (χ0v) is 39.6. The van der Waals surface area contributed by atoms with Gasteiger partial charge in [-0.15, -0.1) is 0 Å². The van der Waals surface area contributed by atoms with Crippen LogP contribution in [0, 0.1) is 16.6 Å². The molecule has 8 aromatic carbocycles. The summed E-state index contributed by atoms with van der Waals surface area (Å²) in [4.78, 5) is 4.90. The number of benzene rings is 8. The van der Waals surface area contributed by atoms with Crippen molar-refractivity contribution in [3.05, 3.63) is 221 Å². The molecule has 6 heteroatoms. The number of rotatable bonds is 8. The van der Waals surface area contributed by atoms with Crippen LogP contribution in [-0.4, -0.2) is 18.7 Å². The van der Waals surface area contributed by atoms with Crippen LogP contribution in [0.5, 0.6) is 11.5 Å². The standard InChI is InChI=1S/C62H48N4O.Pt/c1-41-35-60(63-39-55(41)43-19-7-3-8-20-43)66-56-28-12-11-26-50(56)51-34-32-48(37-59(51)66)67-47-25-16-24-46(36-47)64-40-65(58-30-14-13-29-57(58)64)62-53(42-17-5-2-6-18-42)38-54-49-27-15-23-44(49)31-33-52(54)61(62)45-21-9-4-10-22-45;/h2-14,16-22,24-26,28-30,32,34-39,44,49H,15,23,27,31,33H2,1H3;/i3D,7D,8D,19D,20D;. The molecule has 0 N–H and O–H groups in total. The van der Waals surface area contributed by atoms with Gasteiger partial charge in [0.25, 0.3) is 0 Å². The first-order valence-electron chi connectivity index (χ1n) is 26.0. The van der Waals surface area contributed by atoms with Gasteiger partial charge in [-0.1, -0.05) is 42.3 Å². The third kappa shape index (κ3) is 6.78. The van der Waals surface area contributed by atoms with Crippen molar-refractivity contribution >= 4 is 32.8 Å². The Morgan fingerprint density at radius 2 is 1.29 bits per heavy atom. The van der Waals surface area contributed by atoms with Crippen LogP contribution in [0.2, 0.25) is 0 Å². The second kappa shape index (κ2) is 16.8. The smallest absolute Gasteiger partial charge is 0.0616 e. The topological polar surface area (TPSA) is 36.9 Å². The van der Waals surface area contributed by atoms with Gasteiger partial charge in [0.15, 0.2) is 0 Å². The van der Waals surface area contributed by atoms with Crippen LogP contribution in [0.25, 0.3) is 83.4 Å². The summed E-state index contributed by atoms with van der Waals surface area (Å²) in [6.07, 6.45) is 7.78. The number of imidazole rings is 1. The molecule has 5 nitrogen and oxygen atoms in total. The Kier molecular flexibility index (Phi) is 8.83. The van der Waals surface area contributed by atoms with Gasteiger partial charge in [0.2, 0.25) is 0 Å². The average Bonchev–Trinajstić information content (AvgIpc) is 4.12. The van der Waals surface area contributed by atoms with Crippen molar-refractivity contribution in [1.29, 1.82) is 0 Å². The van der Waals surface area contributed by atoms with E-state index in [0.29, 0.717) is 28.8 Å². The normalized spacial score (nSPS) is 16.5. The van der Waals surface area contributed by atoms with Crippen molar-refractivity contribution in [3.63, 3.8) is 0 Å². The molecule has 2 aliphatic rings. The number of ether oxygens (including phenoxy) is 1. The maximum atomic E-state index is 8.64. The molecule has 0 saturated heterocycles. The number of pyridine rings is 1. The maximum absolute atomic E-state index is 8.64. The molecule has 1 saturated carbocycles. The third-order valence-corrected chi connectivity index (χ3v) is 15.4. The SMILES string of the molecule is [2H]c1c([2H])c([2H])c(-c2cnc(-n3c4ccccc4c4ccc(Oc5cccc(-n6[c](=[Pt])n(-c7c(-c8ccccc8)cc8c(c7-c7ccccc7)CCC7CCCC87)c7ccccc76)c5)cc43)cc2C)c([2H])c1[2H]. The molecule has 3 aromatic heterocycles. The molecule has 1 fully saturated rings. The van der Waals surface area contributed by atoms with Gasteiger partial charge < -0.3 is 0 Å². The van der Waals surface area contributed by atoms with E-state index in [1.165, 1.54) is 64.8 Å². The Labute approximate surface area is 414 Å². The number of aryl methyl sites for hydroxylation is 1. The number of hydrogen-bond donors (Lipinski definition) is 0. The molecule has 0 aliphatic heterocycles. The number of hydrogen-bond acceptors (Lipinski definition) is 2. The molecule has 0 bridgehead atoms. The van der Waals surface area contributed by atoms with E-state index in [0.717, 1.165) is 60.2 Å². The molecule has 2 unspecified atom stereocenters. The Hall–Kier alpha value is -7.33. The van der Waals surface area contributed by atoms with Crippen molar-refractivity contribution in [2.45, 2.75) is 44.9 Å². The Morgan fingerprint density at radius 3 is 2.09 bits per heavy atom. The predicted molar refractivity (Wildman–Crippen MR) is 274 cm³/mol. The van der Waals surface area contributed by atoms with Gasteiger partial charge in [-0.3, -0.25) is 0 Å². The number of aromatic nitrogens is 4. The van der Waals surface area contributed by atoms with E-state index in [-0.39, 0.29) is 29.7 Å². The van der Waals surface area contributed by atoms with E-state index in [4.69, 9.17) is 16.6 Å². The van der Waals surface area contributed by atoms with Gasteiger partial charge in [0, 0.05) is 11.8 Å². The minimum atomic E-state index is -0.422. The number of para-hydroxylation sites is 3. The average molecular weight is 1070 g/mol. The molecule has 332 valence electrons. The monoisotopic (exact) mass is 1060 g/mol. The summed E-state index contributed by atoms with van der Waals surface area (Å²) in [5.41, 5.74) is 15.6. The van der Waals surface area contributed by atoms with Gasteiger partial charge in [-0.25, -0.2) is 0 Å². The molecule has 0 spiro atoms. The van der Waals surface area contributed by atoms with Crippen molar-refractivity contribution in [2.24, 2.45) is 5.92 Å². The molecule has 11 aromatic rings. The van der Waals surface area contributed by atoms with Gasteiger partial charge in [-0.2, -0.15) is 0 Å². The minimum Gasteiger partial charge on any atom is -0.0616 e. The third-order valence-electron chi connectivity index (χ3n) is 14.4. The van der Waals surface area contributed by atoms with E-state index < -0.39 is 6.04 Å². The molecule has 2 aliphatic carbocycles. The van der Waals surface area contributed by atoms with Crippen LogP contribution in [0.1, 0.15) is 55.1 Å². The Morgan fingerprint density at radius 1 is 0.588 bits per heavy atom. The molecular formula is C62H48N4OPt. The fraction of sp³-hybridized carbons (Fsp3) is 0.129. The first-order valence-corrected chi connectivity index (χ1v) is 24.6. The summed E-state index contributed by atoms with van der Waals surface area (Å²) in [6, 6.07) is 56.2. The van der Waals surface area contributed by atoms with Crippen molar-refractivity contribution in [2.75, 3.05) is 0 Å². The summed E-state index contributed by atoms with van der Waals surface area (Å²) < 4.78 is 56.8. The first-order chi connectivity index (χ1) is 35.6. The van der Waals surface area contributed by atoms with E-state index in [1.807, 2.05) is 43.3 Å². The first kappa shape index (κ1) is 35.8. The quantitative estimate of drug-likeness (QED) is 0.152. The van der Waals surface area contributed by atoms with E-state index in [1.54, 1.807) is 6.20 Å². The summed E-state index contributed by atoms with van der Waals surface area (Å²) in [5.74, 6) is 3.31. The fourth-order valence-electron chi connectivity index (χ4n) is 11.4. The zero-order chi connectivity index (χ0) is 49.6. The van der Waals surface area contributed by atoms with E-state index in [9.17, 15) is 0 Å². The number of nitrogens with zero attached hydrogens (tertiary/aromatic N) is 4. The molecule has 0 radical (unpaired) electrons. The molecule has 68 heavy (non-hydrogen) atoms. The van der Waals surface area contributed by atoms with Crippen molar-refractivity contribution in [1.82, 2.24) is 18.7 Å². The van der Waals surface area contributed by atoms with Crippen LogP contribution in [0.4, 0.5) is 0 Å². The minimum absolute atomic E-state index is 0.134.